The lowest BCUT2D eigenvalue weighted by atomic mass is 10.0. The van der Waals surface area contributed by atoms with Gasteiger partial charge in [-0.3, -0.25) is 9.69 Å². The molecule has 7 nitrogen and oxygen atoms in total. The SMILES string of the molecule is CCOC(=O)[C@@H]1CCCCN1C(=O)CN1CCC[C@@H]1c1ccc2c(c1)OCCO2. The molecule has 2 atom stereocenters. The van der Waals surface area contributed by atoms with Crippen LogP contribution in [0.15, 0.2) is 18.2 Å². The number of nitrogens with zero attached hydrogens (tertiary/aromatic N) is 2. The van der Waals surface area contributed by atoms with E-state index in [1.54, 1.807) is 11.8 Å². The molecule has 0 radical (unpaired) electrons. The van der Waals surface area contributed by atoms with Gasteiger partial charge in [-0.15, -0.1) is 0 Å². The van der Waals surface area contributed by atoms with Crippen molar-refractivity contribution in [3.05, 3.63) is 23.8 Å². The maximum absolute atomic E-state index is 13.1. The zero-order chi connectivity index (χ0) is 20.2. The third-order valence-corrected chi connectivity index (χ3v) is 6.03. The van der Waals surface area contributed by atoms with Gasteiger partial charge in [-0.2, -0.15) is 0 Å². The highest BCUT2D eigenvalue weighted by molar-refractivity contribution is 5.86. The first-order chi connectivity index (χ1) is 14.2. The highest BCUT2D eigenvalue weighted by Gasteiger charge is 2.36. The van der Waals surface area contributed by atoms with Crippen LogP contribution in [0.4, 0.5) is 0 Å². The first-order valence-corrected chi connectivity index (χ1v) is 10.8. The summed E-state index contributed by atoms with van der Waals surface area (Å²) in [6.45, 7) is 5.12. The van der Waals surface area contributed by atoms with Gasteiger partial charge < -0.3 is 19.1 Å². The first kappa shape index (κ1) is 20.0. The van der Waals surface area contributed by atoms with Crippen molar-refractivity contribution in [3.8, 4) is 11.5 Å². The third kappa shape index (κ3) is 4.34. The second kappa shape index (κ2) is 9.03. The fourth-order valence-electron chi connectivity index (χ4n) is 4.64. The molecule has 4 rings (SSSR count). The van der Waals surface area contributed by atoms with E-state index in [0.29, 0.717) is 39.3 Å². The Morgan fingerprint density at radius 2 is 1.90 bits per heavy atom. The van der Waals surface area contributed by atoms with E-state index in [1.165, 1.54) is 0 Å². The van der Waals surface area contributed by atoms with Crippen LogP contribution in [-0.4, -0.2) is 67.2 Å². The Bertz CT molecular complexity index is 753. The second-order valence-electron chi connectivity index (χ2n) is 7.88. The lowest BCUT2D eigenvalue weighted by molar-refractivity contribution is -0.157. The van der Waals surface area contributed by atoms with Crippen LogP contribution in [0.3, 0.4) is 0 Å². The number of carbonyl (C=O) groups excluding carboxylic acids is 2. The van der Waals surface area contributed by atoms with Gasteiger partial charge in [0.05, 0.1) is 13.2 Å². The van der Waals surface area contributed by atoms with Crippen LogP contribution in [0.2, 0.25) is 0 Å². The fraction of sp³-hybridized carbons (Fsp3) is 0.636. The average molecular weight is 402 g/mol. The summed E-state index contributed by atoms with van der Waals surface area (Å²) in [6, 6.07) is 5.82. The summed E-state index contributed by atoms with van der Waals surface area (Å²) in [4.78, 5) is 29.4. The lowest BCUT2D eigenvalue weighted by Crippen LogP contribution is -2.51. The molecule has 0 aliphatic carbocycles. The molecule has 0 N–H and O–H groups in total. The van der Waals surface area contributed by atoms with Gasteiger partial charge >= 0.3 is 5.97 Å². The van der Waals surface area contributed by atoms with Crippen molar-refractivity contribution < 1.29 is 23.8 Å². The minimum atomic E-state index is -0.438. The summed E-state index contributed by atoms with van der Waals surface area (Å²) in [7, 11) is 0. The van der Waals surface area contributed by atoms with Gasteiger partial charge in [0, 0.05) is 12.6 Å². The van der Waals surface area contributed by atoms with Gasteiger partial charge in [0.25, 0.3) is 0 Å². The first-order valence-electron chi connectivity index (χ1n) is 10.8. The number of esters is 1. The van der Waals surface area contributed by atoms with Crippen molar-refractivity contribution in [3.63, 3.8) is 0 Å². The lowest BCUT2D eigenvalue weighted by Gasteiger charge is -2.36. The van der Waals surface area contributed by atoms with E-state index in [9.17, 15) is 9.59 Å². The number of hydrogen-bond donors (Lipinski definition) is 0. The molecule has 3 aliphatic heterocycles. The summed E-state index contributed by atoms with van der Waals surface area (Å²) < 4.78 is 16.6. The van der Waals surface area contributed by atoms with Crippen LogP contribution in [0.25, 0.3) is 0 Å². The number of piperidine rings is 1. The third-order valence-electron chi connectivity index (χ3n) is 6.03. The number of amides is 1. The largest absolute Gasteiger partial charge is 0.486 e. The molecule has 158 valence electrons. The van der Waals surface area contributed by atoms with E-state index >= 15 is 0 Å². The van der Waals surface area contributed by atoms with Crippen LogP contribution in [0.1, 0.15) is 50.6 Å². The topological polar surface area (TPSA) is 68.3 Å². The Balaban J connectivity index is 1.45. The van der Waals surface area contributed by atoms with Crippen LogP contribution >= 0.6 is 0 Å². The fourth-order valence-corrected chi connectivity index (χ4v) is 4.64. The predicted octanol–water partition coefficient (Wildman–Crippen LogP) is 2.54. The molecule has 1 aromatic rings. The van der Waals surface area contributed by atoms with Gasteiger partial charge in [-0.05, 0) is 63.3 Å². The van der Waals surface area contributed by atoms with Crippen LogP contribution < -0.4 is 9.47 Å². The zero-order valence-electron chi connectivity index (χ0n) is 17.1. The predicted molar refractivity (Wildman–Crippen MR) is 107 cm³/mol. The Kier molecular flexibility index (Phi) is 6.23. The van der Waals surface area contributed by atoms with E-state index in [4.69, 9.17) is 14.2 Å². The minimum absolute atomic E-state index is 0.0206. The van der Waals surface area contributed by atoms with Gasteiger partial charge in [-0.25, -0.2) is 4.79 Å². The van der Waals surface area contributed by atoms with Crippen molar-refractivity contribution in [2.24, 2.45) is 0 Å². The highest BCUT2D eigenvalue weighted by atomic mass is 16.6. The quantitative estimate of drug-likeness (QED) is 0.705. The molecule has 29 heavy (non-hydrogen) atoms. The zero-order valence-corrected chi connectivity index (χ0v) is 17.1. The molecular weight excluding hydrogens is 372 g/mol. The van der Waals surface area contributed by atoms with Gasteiger partial charge in [0.2, 0.25) is 5.91 Å². The summed E-state index contributed by atoms with van der Waals surface area (Å²) in [6.07, 6.45) is 4.64. The Hall–Kier alpha value is -2.28. The van der Waals surface area contributed by atoms with Crippen LogP contribution in [0, 0.1) is 0 Å². The molecule has 2 saturated heterocycles. The smallest absolute Gasteiger partial charge is 0.328 e. The van der Waals surface area contributed by atoms with Crippen molar-refractivity contribution >= 4 is 11.9 Å². The molecule has 3 aliphatic rings. The number of benzene rings is 1. The highest BCUT2D eigenvalue weighted by Crippen LogP contribution is 2.38. The molecule has 2 fully saturated rings. The number of hydrogen-bond acceptors (Lipinski definition) is 6. The maximum Gasteiger partial charge on any atom is 0.328 e. The molecule has 0 saturated carbocycles. The second-order valence-corrected chi connectivity index (χ2v) is 7.88. The molecule has 0 unspecified atom stereocenters. The number of fused-ring (bicyclic) bond motifs is 1. The molecule has 1 amide bonds. The molecule has 3 heterocycles. The van der Waals surface area contributed by atoms with E-state index in [0.717, 1.165) is 49.3 Å². The summed E-state index contributed by atoms with van der Waals surface area (Å²) in [5.41, 5.74) is 1.15. The molecule has 0 bridgehead atoms. The Morgan fingerprint density at radius 1 is 1.07 bits per heavy atom. The van der Waals surface area contributed by atoms with Crippen molar-refractivity contribution in [2.45, 2.75) is 51.1 Å². The number of ether oxygens (including phenoxy) is 3. The number of carbonyl (C=O) groups is 2. The Morgan fingerprint density at radius 3 is 2.72 bits per heavy atom. The normalized spacial score (nSPS) is 24.4. The van der Waals surface area contributed by atoms with Crippen molar-refractivity contribution in [1.29, 1.82) is 0 Å². The average Bonchev–Trinajstić information content (AvgIpc) is 3.21. The molecule has 0 spiro atoms. The van der Waals surface area contributed by atoms with Gasteiger partial charge in [0.15, 0.2) is 11.5 Å². The molecule has 7 heteroatoms. The molecule has 0 aromatic heterocycles. The van der Waals surface area contributed by atoms with Crippen LogP contribution in [0.5, 0.6) is 11.5 Å². The van der Waals surface area contributed by atoms with Crippen molar-refractivity contribution in [2.75, 3.05) is 39.5 Å². The van der Waals surface area contributed by atoms with Gasteiger partial charge in [-0.1, -0.05) is 6.07 Å². The minimum Gasteiger partial charge on any atom is -0.486 e. The summed E-state index contributed by atoms with van der Waals surface area (Å²) in [5.74, 6) is 1.31. The van der Waals surface area contributed by atoms with Crippen molar-refractivity contribution in [1.82, 2.24) is 9.80 Å². The van der Waals surface area contributed by atoms with Gasteiger partial charge in [0.1, 0.15) is 19.3 Å². The molecular formula is C22H30N2O5. The van der Waals surface area contributed by atoms with E-state index in [-0.39, 0.29) is 17.9 Å². The standard InChI is InChI=1S/C22H30N2O5/c1-2-27-22(26)18-6-3-4-11-24(18)21(25)15-23-10-5-7-17(23)16-8-9-19-20(14-16)29-13-12-28-19/h8-9,14,17-18H,2-7,10-13,15H2,1H3/t17-,18+/m1/s1. The summed E-state index contributed by atoms with van der Waals surface area (Å²) >= 11 is 0. The maximum atomic E-state index is 13.1. The van der Waals surface area contributed by atoms with E-state index in [2.05, 4.69) is 11.0 Å². The molecule has 1 aromatic carbocycles. The Labute approximate surface area is 171 Å². The summed E-state index contributed by atoms with van der Waals surface area (Å²) in [5, 5.41) is 0. The number of rotatable bonds is 5. The van der Waals surface area contributed by atoms with E-state index < -0.39 is 6.04 Å². The number of likely N-dealkylation sites (tertiary alicyclic amines) is 2. The van der Waals surface area contributed by atoms with E-state index in [1.807, 2.05) is 12.1 Å². The monoisotopic (exact) mass is 402 g/mol. The van der Waals surface area contributed by atoms with Crippen LogP contribution in [-0.2, 0) is 14.3 Å².